The molecule has 9 nitrogen and oxygen atoms in total. The first-order valence-electron chi connectivity index (χ1n) is 12.1. The van der Waals surface area contributed by atoms with Crippen molar-refractivity contribution in [1.29, 1.82) is 0 Å². The van der Waals surface area contributed by atoms with Crippen molar-refractivity contribution in [1.82, 2.24) is 9.80 Å². The third-order valence-electron chi connectivity index (χ3n) is 6.43. The number of ether oxygens (including phenoxy) is 1. The number of anilines is 2. The number of carboxylic acids is 1. The van der Waals surface area contributed by atoms with Crippen LogP contribution in [0.25, 0.3) is 0 Å². The fraction of sp³-hybridized carbons (Fsp3) is 0.423. The van der Waals surface area contributed by atoms with Crippen molar-refractivity contribution in [3.05, 3.63) is 54.1 Å². The summed E-state index contributed by atoms with van der Waals surface area (Å²) in [6.07, 6.45) is 3.37. The lowest BCUT2D eigenvalue weighted by Crippen LogP contribution is -2.50. The number of piperidine rings is 1. The van der Waals surface area contributed by atoms with Crippen LogP contribution >= 0.6 is 0 Å². The van der Waals surface area contributed by atoms with Crippen LogP contribution in [0.5, 0.6) is 5.75 Å². The summed E-state index contributed by atoms with van der Waals surface area (Å²) in [5.41, 5.74) is 1.04. The SMILES string of the molecule is O=C(COc1ccccc1)Nc1ccc(N2CCN(CC(=O)N3CCCCC3)CC2)cc1C(=O)O. The number of carbonyl (C=O) groups excluding carboxylic acids is 2. The standard InChI is InChI=1S/C26H32N4O5/c31-24(19-35-21-7-3-1-4-8-21)27-23-10-9-20(17-22(23)26(33)34)29-15-13-28(14-16-29)18-25(32)30-11-5-2-6-12-30/h1,3-4,7-10,17H,2,5-6,11-16,18-19H2,(H,27,31)(H,33,34). The van der Waals surface area contributed by atoms with Gasteiger partial charge < -0.3 is 25.0 Å². The minimum absolute atomic E-state index is 0.0262. The number of para-hydroxylation sites is 1. The van der Waals surface area contributed by atoms with Crippen molar-refractivity contribution in [3.63, 3.8) is 0 Å². The lowest BCUT2D eigenvalue weighted by Gasteiger charge is -2.37. The molecule has 2 N–H and O–H groups in total. The van der Waals surface area contributed by atoms with Crippen LogP contribution in [-0.2, 0) is 9.59 Å². The van der Waals surface area contributed by atoms with Gasteiger partial charge in [0.05, 0.1) is 17.8 Å². The van der Waals surface area contributed by atoms with Crippen LogP contribution in [0.1, 0.15) is 29.6 Å². The average Bonchev–Trinajstić information content (AvgIpc) is 2.89. The number of benzene rings is 2. The van der Waals surface area contributed by atoms with E-state index in [9.17, 15) is 19.5 Å². The van der Waals surface area contributed by atoms with Gasteiger partial charge in [0.2, 0.25) is 5.91 Å². The zero-order chi connectivity index (χ0) is 24.6. The molecule has 0 saturated carbocycles. The smallest absolute Gasteiger partial charge is 0.337 e. The summed E-state index contributed by atoms with van der Waals surface area (Å²) in [5.74, 6) is -0.788. The largest absolute Gasteiger partial charge is 0.484 e. The minimum atomic E-state index is -1.11. The first kappa shape index (κ1) is 24.5. The molecule has 0 aromatic heterocycles. The molecule has 0 radical (unpaired) electrons. The third-order valence-corrected chi connectivity index (χ3v) is 6.43. The number of aromatic carboxylic acids is 1. The molecule has 2 aliphatic heterocycles. The molecule has 0 spiro atoms. The maximum atomic E-state index is 12.6. The number of piperazine rings is 1. The van der Waals surface area contributed by atoms with Crippen LogP contribution in [-0.4, -0.2) is 85.1 Å². The Labute approximate surface area is 205 Å². The lowest BCUT2D eigenvalue weighted by molar-refractivity contribution is -0.133. The highest BCUT2D eigenvalue weighted by molar-refractivity contribution is 6.01. The Morgan fingerprint density at radius 3 is 2.29 bits per heavy atom. The zero-order valence-electron chi connectivity index (χ0n) is 19.8. The number of rotatable bonds is 8. The van der Waals surface area contributed by atoms with Gasteiger partial charge >= 0.3 is 5.97 Å². The second-order valence-electron chi connectivity index (χ2n) is 8.89. The Morgan fingerprint density at radius 2 is 1.60 bits per heavy atom. The van der Waals surface area contributed by atoms with E-state index < -0.39 is 11.9 Å². The van der Waals surface area contributed by atoms with E-state index in [0.717, 1.165) is 44.7 Å². The van der Waals surface area contributed by atoms with Gasteiger partial charge in [0.15, 0.2) is 6.61 Å². The summed E-state index contributed by atoms with van der Waals surface area (Å²) in [7, 11) is 0. The zero-order valence-corrected chi connectivity index (χ0v) is 19.8. The van der Waals surface area contributed by atoms with Crippen LogP contribution in [0.15, 0.2) is 48.5 Å². The highest BCUT2D eigenvalue weighted by Crippen LogP contribution is 2.25. The fourth-order valence-electron chi connectivity index (χ4n) is 4.47. The van der Waals surface area contributed by atoms with Gasteiger partial charge in [-0.2, -0.15) is 0 Å². The Morgan fingerprint density at radius 1 is 0.886 bits per heavy atom. The van der Waals surface area contributed by atoms with Gasteiger partial charge in [-0.25, -0.2) is 4.79 Å². The predicted octanol–water partition coefficient (Wildman–Crippen LogP) is 2.54. The molecule has 4 rings (SSSR count). The number of amides is 2. The molecule has 186 valence electrons. The van der Waals surface area contributed by atoms with Gasteiger partial charge in [-0.1, -0.05) is 18.2 Å². The Hall–Kier alpha value is -3.59. The summed E-state index contributed by atoms with van der Waals surface area (Å²) in [5, 5.41) is 12.4. The topological polar surface area (TPSA) is 102 Å². The molecule has 0 unspecified atom stereocenters. The maximum Gasteiger partial charge on any atom is 0.337 e. The second kappa shape index (κ2) is 11.7. The van der Waals surface area contributed by atoms with Crippen LogP contribution < -0.4 is 15.0 Å². The van der Waals surface area contributed by atoms with Crippen molar-refractivity contribution >= 4 is 29.2 Å². The number of nitrogens with zero attached hydrogens (tertiary/aromatic N) is 3. The van der Waals surface area contributed by atoms with E-state index in [-0.39, 0.29) is 23.8 Å². The predicted molar refractivity (Wildman–Crippen MR) is 133 cm³/mol. The van der Waals surface area contributed by atoms with Crippen molar-refractivity contribution < 1.29 is 24.2 Å². The number of hydrogen-bond donors (Lipinski definition) is 2. The minimum Gasteiger partial charge on any atom is -0.484 e. The van der Waals surface area contributed by atoms with Crippen LogP contribution in [0.2, 0.25) is 0 Å². The lowest BCUT2D eigenvalue weighted by atomic mass is 10.1. The summed E-state index contributed by atoms with van der Waals surface area (Å²) in [6.45, 7) is 4.80. The number of hydrogen-bond acceptors (Lipinski definition) is 6. The van der Waals surface area contributed by atoms with Crippen LogP contribution in [0.4, 0.5) is 11.4 Å². The van der Waals surface area contributed by atoms with E-state index in [2.05, 4.69) is 15.1 Å². The van der Waals surface area contributed by atoms with E-state index in [0.29, 0.717) is 25.4 Å². The number of likely N-dealkylation sites (tertiary alicyclic amines) is 1. The fourth-order valence-corrected chi connectivity index (χ4v) is 4.47. The number of carboxylic acid groups (broad SMARTS) is 1. The Balaban J connectivity index is 1.31. The molecule has 0 bridgehead atoms. The molecule has 2 heterocycles. The van der Waals surface area contributed by atoms with Gasteiger partial charge in [0.25, 0.3) is 5.91 Å². The molecule has 2 amide bonds. The van der Waals surface area contributed by atoms with E-state index >= 15 is 0 Å². The summed E-state index contributed by atoms with van der Waals surface area (Å²) in [6, 6.07) is 14.0. The summed E-state index contributed by atoms with van der Waals surface area (Å²) < 4.78 is 5.44. The van der Waals surface area contributed by atoms with Gasteiger partial charge in [0, 0.05) is 45.0 Å². The van der Waals surface area contributed by atoms with Gasteiger partial charge in [-0.05, 0) is 49.6 Å². The molecule has 35 heavy (non-hydrogen) atoms. The van der Waals surface area contributed by atoms with Crippen molar-refractivity contribution in [2.45, 2.75) is 19.3 Å². The molecular weight excluding hydrogens is 448 g/mol. The first-order chi connectivity index (χ1) is 17.0. The van der Waals surface area contributed by atoms with Crippen LogP contribution in [0.3, 0.4) is 0 Å². The normalized spacial score (nSPS) is 16.6. The number of carbonyl (C=O) groups is 3. The van der Waals surface area contributed by atoms with Gasteiger partial charge in [0.1, 0.15) is 5.75 Å². The molecule has 0 aliphatic carbocycles. The quantitative estimate of drug-likeness (QED) is 0.599. The maximum absolute atomic E-state index is 12.6. The molecular formula is C26H32N4O5. The van der Waals surface area contributed by atoms with Crippen molar-refractivity contribution in [2.75, 3.05) is 62.6 Å². The Kier molecular flexibility index (Phi) is 8.20. The highest BCUT2D eigenvalue weighted by Gasteiger charge is 2.24. The summed E-state index contributed by atoms with van der Waals surface area (Å²) >= 11 is 0. The van der Waals surface area contributed by atoms with E-state index in [1.54, 1.807) is 36.4 Å². The molecule has 0 atom stereocenters. The molecule has 2 aromatic carbocycles. The van der Waals surface area contributed by atoms with Gasteiger partial charge in [-0.3, -0.25) is 14.5 Å². The molecule has 2 fully saturated rings. The monoisotopic (exact) mass is 480 g/mol. The molecule has 9 heteroatoms. The molecule has 2 aromatic rings. The van der Waals surface area contributed by atoms with Gasteiger partial charge in [-0.15, -0.1) is 0 Å². The van der Waals surface area contributed by atoms with E-state index in [1.807, 2.05) is 17.0 Å². The number of nitrogens with one attached hydrogen (secondary N) is 1. The first-order valence-corrected chi connectivity index (χ1v) is 12.1. The van der Waals surface area contributed by atoms with Crippen molar-refractivity contribution in [2.24, 2.45) is 0 Å². The third kappa shape index (κ3) is 6.73. The van der Waals surface area contributed by atoms with Crippen molar-refractivity contribution in [3.8, 4) is 5.75 Å². The molecule has 2 saturated heterocycles. The van der Waals surface area contributed by atoms with E-state index in [4.69, 9.17) is 4.74 Å². The van der Waals surface area contributed by atoms with Crippen LogP contribution in [0, 0.1) is 0 Å². The highest BCUT2D eigenvalue weighted by atomic mass is 16.5. The second-order valence-corrected chi connectivity index (χ2v) is 8.89. The Bertz CT molecular complexity index is 1030. The van der Waals surface area contributed by atoms with E-state index in [1.165, 1.54) is 6.42 Å². The molecule has 2 aliphatic rings. The average molecular weight is 481 g/mol. The summed E-state index contributed by atoms with van der Waals surface area (Å²) in [4.78, 5) is 43.0.